The summed E-state index contributed by atoms with van der Waals surface area (Å²) in [6, 6.07) is 17.1. The maximum absolute atomic E-state index is 14.5. The molecule has 4 aromatic heterocycles. The molecule has 1 fully saturated rings. The zero-order valence-corrected chi connectivity index (χ0v) is 32.7. The summed E-state index contributed by atoms with van der Waals surface area (Å²) < 4.78 is 37.9. The van der Waals surface area contributed by atoms with E-state index >= 15 is 0 Å². The lowest BCUT2D eigenvalue weighted by Gasteiger charge is -2.30. The average molecular weight is 793 g/mol. The summed E-state index contributed by atoms with van der Waals surface area (Å²) in [5.74, 6) is -0.456. The number of likely N-dealkylation sites (tertiary alicyclic amines) is 1. The number of esters is 1. The molecule has 57 heavy (non-hydrogen) atoms. The highest BCUT2D eigenvalue weighted by Gasteiger charge is 2.40. The largest absolute Gasteiger partial charge is 0.491 e. The molecule has 1 amide bonds. The number of fused-ring (bicyclic) bond motifs is 2. The number of hydrogen-bond acceptors (Lipinski definition) is 12. The maximum atomic E-state index is 14.5. The first-order valence-electron chi connectivity index (χ1n) is 18.9. The van der Waals surface area contributed by atoms with Gasteiger partial charge in [0, 0.05) is 28.7 Å². The van der Waals surface area contributed by atoms with E-state index < -0.39 is 29.5 Å². The van der Waals surface area contributed by atoms with Crippen molar-refractivity contribution in [2.45, 2.75) is 71.1 Å². The van der Waals surface area contributed by atoms with Gasteiger partial charge < -0.3 is 23.9 Å². The number of halogens is 1. The molecule has 2 N–H and O–H groups in total. The Bertz CT molecular complexity index is 2530. The highest BCUT2D eigenvalue weighted by molar-refractivity contribution is 7.23. The molecule has 0 spiro atoms. The van der Waals surface area contributed by atoms with E-state index in [1.807, 2.05) is 36.4 Å². The standard InChI is InChI=1S/C42H41FN6O7S/c1-5-53-39(50)34-33(31-21-24-18-19-44-37(36(24)57-31)46-28-22-54-30-11-7-6-9-26(28)30)32(38-47-48-40(51)55-38)27(17-14-23-12-15-25(43)16-13-23)45-35(34)29-10-8-20-49(29)41(52)56-42(2,3)4/h6-7,9,11-13,15-16,18-19,21,28-29H,5,8,10,14,17,20,22H2,1-4H3,(H,44,46)(H,48,51)/t28-,29+/m1/s1. The second-order valence-electron chi connectivity index (χ2n) is 14.9. The van der Waals surface area contributed by atoms with Crippen molar-refractivity contribution in [1.29, 1.82) is 0 Å². The van der Waals surface area contributed by atoms with Crippen molar-refractivity contribution in [2.24, 2.45) is 0 Å². The van der Waals surface area contributed by atoms with E-state index in [4.69, 9.17) is 28.6 Å². The van der Waals surface area contributed by atoms with Crippen LogP contribution in [0, 0.1) is 5.82 Å². The minimum absolute atomic E-state index is 0.0621. The molecule has 0 bridgehead atoms. The van der Waals surface area contributed by atoms with Gasteiger partial charge in [-0.25, -0.2) is 28.9 Å². The fourth-order valence-corrected chi connectivity index (χ4v) is 8.61. The van der Waals surface area contributed by atoms with E-state index in [-0.39, 0.29) is 36.3 Å². The first-order chi connectivity index (χ1) is 27.5. The third kappa shape index (κ3) is 7.71. The summed E-state index contributed by atoms with van der Waals surface area (Å²) in [5, 5.41) is 11.0. The number of aromatic amines is 1. The Morgan fingerprint density at radius 3 is 2.65 bits per heavy atom. The minimum atomic E-state index is -0.791. The molecule has 15 heteroatoms. The number of amides is 1. The number of rotatable bonds is 10. The molecule has 1 saturated heterocycles. The number of aryl methyl sites for hydroxylation is 2. The number of nitrogens with one attached hydrogen (secondary N) is 2. The molecule has 0 unspecified atom stereocenters. The van der Waals surface area contributed by atoms with Crippen molar-refractivity contribution in [3.05, 3.63) is 111 Å². The Balaban J connectivity index is 1.35. The number of carbonyl (C=O) groups is 2. The van der Waals surface area contributed by atoms with Gasteiger partial charge >= 0.3 is 17.8 Å². The van der Waals surface area contributed by atoms with Gasteiger partial charge in [0.2, 0.25) is 0 Å². The molecular weight excluding hydrogens is 752 g/mol. The summed E-state index contributed by atoms with van der Waals surface area (Å²) >= 11 is 1.39. The SMILES string of the molecule is CCOC(=O)c1c([C@@H]2CCCN2C(=O)OC(C)(C)C)nc(CCc2ccc(F)cc2)c(-c2n[nH]c(=O)o2)c1-c1cc2ccnc(N[C@@H]3COc4ccccc43)c2s1. The smallest absolute Gasteiger partial charge is 0.434 e. The summed E-state index contributed by atoms with van der Waals surface area (Å²) in [6.45, 7) is 7.98. The van der Waals surface area contributed by atoms with Gasteiger partial charge in [0.1, 0.15) is 29.6 Å². The zero-order chi connectivity index (χ0) is 39.8. The quantitative estimate of drug-likeness (QED) is 0.128. The number of para-hydroxylation sites is 1. The van der Waals surface area contributed by atoms with Gasteiger partial charge in [0.05, 0.1) is 45.9 Å². The molecule has 2 atom stereocenters. The summed E-state index contributed by atoms with van der Waals surface area (Å²) in [4.78, 5) is 52.9. The summed E-state index contributed by atoms with van der Waals surface area (Å²) in [5.41, 5.74) is 2.70. The topological polar surface area (TPSA) is 162 Å². The van der Waals surface area contributed by atoms with Crippen molar-refractivity contribution in [2.75, 3.05) is 25.1 Å². The molecule has 6 heterocycles. The van der Waals surface area contributed by atoms with Crippen molar-refractivity contribution in [3.8, 4) is 27.6 Å². The number of carbonyl (C=O) groups excluding carboxylic acids is 2. The van der Waals surface area contributed by atoms with Crippen LogP contribution in [0.3, 0.4) is 0 Å². The molecule has 8 rings (SSSR count). The number of benzene rings is 2. The Hall–Kier alpha value is -6.09. The number of anilines is 1. The lowest BCUT2D eigenvalue weighted by atomic mass is 9.91. The van der Waals surface area contributed by atoms with Crippen LogP contribution in [-0.2, 0) is 22.3 Å². The van der Waals surface area contributed by atoms with Crippen molar-refractivity contribution in [3.63, 3.8) is 0 Å². The Labute approximate surface area is 331 Å². The van der Waals surface area contributed by atoms with Crippen molar-refractivity contribution >= 4 is 39.3 Å². The van der Waals surface area contributed by atoms with Gasteiger partial charge in [-0.05, 0) is 94.7 Å². The highest BCUT2D eigenvalue weighted by atomic mass is 32.1. The van der Waals surface area contributed by atoms with Crippen LogP contribution in [0.25, 0.3) is 32.0 Å². The van der Waals surface area contributed by atoms with Gasteiger partial charge in [-0.15, -0.1) is 16.4 Å². The first kappa shape index (κ1) is 37.8. The molecule has 2 aliphatic heterocycles. The summed E-state index contributed by atoms with van der Waals surface area (Å²) in [7, 11) is 0. The molecule has 13 nitrogen and oxygen atoms in total. The molecule has 6 aromatic rings. The number of pyridine rings is 2. The van der Waals surface area contributed by atoms with E-state index in [1.165, 1.54) is 23.5 Å². The number of hydrogen-bond donors (Lipinski definition) is 2. The predicted octanol–water partition coefficient (Wildman–Crippen LogP) is 8.42. The lowest BCUT2D eigenvalue weighted by Crippen LogP contribution is -2.37. The van der Waals surface area contributed by atoms with Crippen LogP contribution in [0.4, 0.5) is 15.0 Å². The Morgan fingerprint density at radius 2 is 1.89 bits per heavy atom. The maximum Gasteiger partial charge on any atom is 0.434 e. The number of nitrogens with zero attached hydrogens (tertiary/aromatic N) is 4. The molecule has 2 aromatic carbocycles. The van der Waals surface area contributed by atoms with Crippen LogP contribution in [0.5, 0.6) is 5.75 Å². The minimum Gasteiger partial charge on any atom is -0.491 e. The van der Waals surface area contributed by atoms with Crippen LogP contribution in [-0.4, -0.2) is 62.5 Å². The molecule has 0 radical (unpaired) electrons. The van der Waals surface area contributed by atoms with E-state index in [0.29, 0.717) is 65.6 Å². The molecule has 0 aliphatic carbocycles. The zero-order valence-electron chi connectivity index (χ0n) is 31.9. The number of H-pyrrole nitrogens is 1. The normalized spacial score (nSPS) is 16.4. The monoisotopic (exact) mass is 792 g/mol. The summed E-state index contributed by atoms with van der Waals surface area (Å²) in [6.07, 6.45) is 3.03. The predicted molar refractivity (Wildman–Crippen MR) is 212 cm³/mol. The second kappa shape index (κ2) is 15.4. The average Bonchev–Trinajstić information content (AvgIpc) is 4.00. The van der Waals surface area contributed by atoms with Crippen molar-refractivity contribution in [1.82, 2.24) is 25.1 Å². The second-order valence-corrected chi connectivity index (χ2v) is 16.0. The van der Waals surface area contributed by atoms with E-state index in [1.54, 1.807) is 50.9 Å². The van der Waals surface area contributed by atoms with Crippen LogP contribution in [0.1, 0.15) is 85.5 Å². The number of ether oxygens (including phenoxy) is 3. The third-order valence-corrected chi connectivity index (χ3v) is 11.1. The molecule has 294 valence electrons. The van der Waals surface area contributed by atoms with Gasteiger partial charge in [-0.3, -0.25) is 9.88 Å². The first-order valence-corrected chi connectivity index (χ1v) is 19.7. The number of thiophene rings is 1. The molecular formula is C42H41FN6O7S. The lowest BCUT2D eigenvalue weighted by molar-refractivity contribution is 0.0217. The van der Waals surface area contributed by atoms with Crippen LogP contribution < -0.4 is 15.8 Å². The Kier molecular flexibility index (Phi) is 10.2. The number of aromatic nitrogens is 4. The van der Waals surface area contributed by atoms with Crippen molar-refractivity contribution < 1.29 is 32.6 Å². The molecule has 2 aliphatic rings. The highest BCUT2D eigenvalue weighted by Crippen LogP contribution is 2.47. The van der Waals surface area contributed by atoms with Gasteiger partial charge in [0.15, 0.2) is 0 Å². The fourth-order valence-electron chi connectivity index (χ4n) is 7.44. The van der Waals surface area contributed by atoms with Gasteiger partial charge in [-0.1, -0.05) is 30.3 Å². The van der Waals surface area contributed by atoms with Crippen LogP contribution >= 0.6 is 11.3 Å². The third-order valence-electron chi connectivity index (χ3n) is 9.88. The van der Waals surface area contributed by atoms with Gasteiger partial charge in [-0.2, -0.15) is 0 Å². The molecule has 0 saturated carbocycles. The fraction of sp³-hybridized carbons (Fsp3) is 0.333. The Morgan fingerprint density at radius 1 is 1.09 bits per heavy atom. The van der Waals surface area contributed by atoms with E-state index in [2.05, 4.69) is 15.5 Å². The van der Waals surface area contributed by atoms with Crippen LogP contribution in [0.2, 0.25) is 0 Å². The van der Waals surface area contributed by atoms with E-state index in [9.17, 15) is 18.8 Å². The van der Waals surface area contributed by atoms with Crippen LogP contribution in [0.15, 0.2) is 76.1 Å². The van der Waals surface area contributed by atoms with Gasteiger partial charge in [0.25, 0.3) is 5.89 Å². The van der Waals surface area contributed by atoms with E-state index in [0.717, 1.165) is 27.0 Å².